The first kappa shape index (κ1) is 19.2. The third-order valence-electron chi connectivity index (χ3n) is 3.74. The number of ether oxygens (including phenoxy) is 2. The van der Waals surface area contributed by atoms with Gasteiger partial charge in [-0.15, -0.1) is 0 Å². The van der Waals surface area contributed by atoms with Crippen molar-refractivity contribution >= 4 is 23.2 Å². The first-order valence-corrected chi connectivity index (χ1v) is 8.85. The summed E-state index contributed by atoms with van der Waals surface area (Å²) in [4.78, 5) is 20.8. The van der Waals surface area contributed by atoms with Gasteiger partial charge in [-0.1, -0.05) is 18.2 Å². The van der Waals surface area contributed by atoms with Gasteiger partial charge in [0.15, 0.2) is 0 Å². The Labute approximate surface area is 163 Å². The fourth-order valence-electron chi connectivity index (χ4n) is 2.46. The standard InChI is InChI=1S/C21H22N4O3/c1-14(2)28-19-10-5-4-9-18(19)25-21-22-12-15(13-23-21)20(26)24-16-7-6-8-17(11-16)27-3/h4-14H,1-3H3,(H,24,26)(H,22,23,25). The lowest BCUT2D eigenvalue weighted by atomic mass is 10.2. The van der Waals surface area contributed by atoms with E-state index in [2.05, 4.69) is 20.6 Å². The summed E-state index contributed by atoms with van der Waals surface area (Å²) in [5, 5.41) is 5.91. The Hall–Kier alpha value is -3.61. The fourth-order valence-corrected chi connectivity index (χ4v) is 2.46. The van der Waals surface area contributed by atoms with Crippen LogP contribution in [0.1, 0.15) is 24.2 Å². The molecule has 0 saturated carbocycles. The third kappa shape index (κ3) is 4.97. The van der Waals surface area contributed by atoms with Crippen LogP contribution in [0, 0.1) is 0 Å². The number of amides is 1. The summed E-state index contributed by atoms with van der Waals surface area (Å²) in [6.07, 6.45) is 2.99. The minimum atomic E-state index is -0.302. The molecule has 2 N–H and O–H groups in total. The third-order valence-corrected chi connectivity index (χ3v) is 3.74. The van der Waals surface area contributed by atoms with Crippen molar-refractivity contribution in [1.29, 1.82) is 0 Å². The molecule has 0 saturated heterocycles. The van der Waals surface area contributed by atoms with Gasteiger partial charge in [0.25, 0.3) is 5.91 Å². The molecule has 144 valence electrons. The van der Waals surface area contributed by atoms with Crippen LogP contribution in [-0.2, 0) is 0 Å². The lowest BCUT2D eigenvalue weighted by molar-refractivity contribution is 0.102. The minimum absolute atomic E-state index is 0.0477. The van der Waals surface area contributed by atoms with Gasteiger partial charge in [0.05, 0.1) is 24.5 Å². The van der Waals surface area contributed by atoms with E-state index >= 15 is 0 Å². The molecule has 0 aliphatic heterocycles. The largest absolute Gasteiger partial charge is 0.497 e. The second-order valence-electron chi connectivity index (χ2n) is 6.27. The minimum Gasteiger partial charge on any atom is -0.497 e. The van der Waals surface area contributed by atoms with E-state index in [-0.39, 0.29) is 12.0 Å². The number of nitrogens with one attached hydrogen (secondary N) is 2. The van der Waals surface area contributed by atoms with Crippen molar-refractivity contribution in [3.8, 4) is 11.5 Å². The topological polar surface area (TPSA) is 85.4 Å². The normalized spacial score (nSPS) is 10.4. The van der Waals surface area contributed by atoms with E-state index < -0.39 is 0 Å². The Morgan fingerprint density at radius 2 is 1.79 bits per heavy atom. The van der Waals surface area contributed by atoms with Crippen LogP contribution in [0.25, 0.3) is 0 Å². The summed E-state index contributed by atoms with van der Waals surface area (Å²) in [6.45, 7) is 3.92. The molecule has 0 atom stereocenters. The van der Waals surface area contributed by atoms with Gasteiger partial charge in [0.2, 0.25) is 5.95 Å². The van der Waals surface area contributed by atoms with Crippen molar-refractivity contribution in [3.63, 3.8) is 0 Å². The highest BCUT2D eigenvalue weighted by atomic mass is 16.5. The molecule has 1 heterocycles. The Balaban J connectivity index is 1.69. The quantitative estimate of drug-likeness (QED) is 0.639. The molecular weight excluding hydrogens is 356 g/mol. The number of para-hydroxylation sites is 2. The maximum absolute atomic E-state index is 12.4. The first-order chi connectivity index (χ1) is 13.5. The smallest absolute Gasteiger partial charge is 0.258 e. The summed E-state index contributed by atoms with van der Waals surface area (Å²) < 4.78 is 10.9. The zero-order valence-electron chi connectivity index (χ0n) is 16.0. The number of aromatic nitrogens is 2. The number of hydrogen-bond donors (Lipinski definition) is 2. The predicted octanol–water partition coefficient (Wildman–Crippen LogP) is 4.27. The molecule has 0 unspecified atom stereocenters. The zero-order valence-corrected chi connectivity index (χ0v) is 16.0. The Morgan fingerprint density at radius 3 is 2.50 bits per heavy atom. The SMILES string of the molecule is COc1cccc(NC(=O)c2cnc(Nc3ccccc3OC(C)C)nc2)c1. The van der Waals surface area contributed by atoms with E-state index in [1.54, 1.807) is 31.4 Å². The summed E-state index contributed by atoms with van der Waals surface area (Å²) in [7, 11) is 1.57. The summed E-state index contributed by atoms with van der Waals surface area (Å²) in [5.41, 5.74) is 1.73. The highest BCUT2D eigenvalue weighted by Crippen LogP contribution is 2.27. The van der Waals surface area contributed by atoms with Crippen molar-refractivity contribution in [2.75, 3.05) is 17.7 Å². The monoisotopic (exact) mass is 378 g/mol. The van der Waals surface area contributed by atoms with Gasteiger partial charge in [-0.2, -0.15) is 0 Å². The molecule has 0 aliphatic carbocycles. The van der Waals surface area contributed by atoms with E-state index in [9.17, 15) is 4.79 Å². The van der Waals surface area contributed by atoms with Gasteiger partial charge in [-0.25, -0.2) is 9.97 Å². The molecule has 3 aromatic rings. The van der Waals surface area contributed by atoms with Gasteiger partial charge in [0.1, 0.15) is 11.5 Å². The van der Waals surface area contributed by atoms with Crippen molar-refractivity contribution in [2.24, 2.45) is 0 Å². The van der Waals surface area contributed by atoms with Crippen LogP contribution >= 0.6 is 0 Å². The first-order valence-electron chi connectivity index (χ1n) is 8.85. The molecule has 0 bridgehead atoms. The Kier molecular flexibility index (Phi) is 6.06. The molecule has 0 aliphatic rings. The molecule has 7 heteroatoms. The van der Waals surface area contributed by atoms with Gasteiger partial charge in [-0.3, -0.25) is 4.79 Å². The fraction of sp³-hybridized carbons (Fsp3) is 0.190. The van der Waals surface area contributed by atoms with Crippen LogP contribution < -0.4 is 20.1 Å². The molecular formula is C21H22N4O3. The lowest BCUT2D eigenvalue weighted by Crippen LogP contribution is -2.13. The van der Waals surface area contributed by atoms with Crippen LogP contribution in [0.4, 0.5) is 17.3 Å². The molecule has 0 radical (unpaired) electrons. The van der Waals surface area contributed by atoms with E-state index in [0.717, 1.165) is 5.69 Å². The van der Waals surface area contributed by atoms with Crippen LogP contribution in [0.2, 0.25) is 0 Å². The van der Waals surface area contributed by atoms with Crippen molar-refractivity contribution in [2.45, 2.75) is 20.0 Å². The van der Waals surface area contributed by atoms with E-state index in [4.69, 9.17) is 9.47 Å². The average molecular weight is 378 g/mol. The molecule has 28 heavy (non-hydrogen) atoms. The number of nitrogens with zero attached hydrogens (tertiary/aromatic N) is 2. The summed E-state index contributed by atoms with van der Waals surface area (Å²) in [5.74, 6) is 1.44. The molecule has 0 spiro atoms. The van der Waals surface area contributed by atoms with Crippen LogP contribution in [0.15, 0.2) is 60.9 Å². The maximum Gasteiger partial charge on any atom is 0.258 e. The molecule has 1 aromatic heterocycles. The number of anilines is 3. The Morgan fingerprint density at radius 1 is 1.04 bits per heavy atom. The number of rotatable bonds is 7. The molecule has 7 nitrogen and oxygen atoms in total. The van der Waals surface area contributed by atoms with Crippen LogP contribution in [0.3, 0.4) is 0 Å². The number of benzene rings is 2. The average Bonchev–Trinajstić information content (AvgIpc) is 2.70. The summed E-state index contributed by atoms with van der Waals surface area (Å²) >= 11 is 0. The van der Waals surface area contributed by atoms with Gasteiger partial charge in [0, 0.05) is 24.1 Å². The van der Waals surface area contributed by atoms with Gasteiger partial charge >= 0.3 is 0 Å². The summed E-state index contributed by atoms with van der Waals surface area (Å²) in [6, 6.07) is 14.7. The van der Waals surface area contributed by atoms with E-state index in [1.165, 1.54) is 12.4 Å². The predicted molar refractivity (Wildman–Crippen MR) is 108 cm³/mol. The Bertz CT molecular complexity index is 942. The van der Waals surface area contributed by atoms with Crippen molar-refractivity contribution < 1.29 is 14.3 Å². The van der Waals surface area contributed by atoms with E-state index in [0.29, 0.717) is 28.7 Å². The van der Waals surface area contributed by atoms with Gasteiger partial charge in [-0.05, 0) is 38.1 Å². The van der Waals surface area contributed by atoms with Crippen LogP contribution in [0.5, 0.6) is 11.5 Å². The molecule has 2 aromatic carbocycles. The van der Waals surface area contributed by atoms with Crippen molar-refractivity contribution in [3.05, 3.63) is 66.5 Å². The second kappa shape index (κ2) is 8.85. The van der Waals surface area contributed by atoms with Crippen molar-refractivity contribution in [1.82, 2.24) is 9.97 Å². The number of carbonyl (C=O) groups excluding carboxylic acids is 1. The number of methoxy groups -OCH3 is 1. The van der Waals surface area contributed by atoms with E-state index in [1.807, 2.05) is 38.1 Å². The number of carbonyl (C=O) groups is 1. The molecule has 0 fully saturated rings. The lowest BCUT2D eigenvalue weighted by Gasteiger charge is -2.14. The highest BCUT2D eigenvalue weighted by molar-refractivity contribution is 6.04. The highest BCUT2D eigenvalue weighted by Gasteiger charge is 2.10. The number of hydrogen-bond acceptors (Lipinski definition) is 6. The van der Waals surface area contributed by atoms with Gasteiger partial charge < -0.3 is 20.1 Å². The second-order valence-corrected chi connectivity index (χ2v) is 6.27. The molecule has 3 rings (SSSR count). The maximum atomic E-state index is 12.4. The zero-order chi connectivity index (χ0) is 19.9. The van der Waals surface area contributed by atoms with Crippen LogP contribution in [-0.4, -0.2) is 29.1 Å². The molecule has 1 amide bonds.